The summed E-state index contributed by atoms with van der Waals surface area (Å²) in [6.45, 7) is 2.00. The molecule has 3 nitrogen and oxygen atoms in total. The molecule has 1 N–H and O–H groups in total. The molecule has 0 aliphatic carbocycles. The third-order valence-corrected chi connectivity index (χ3v) is 6.56. The Bertz CT molecular complexity index is 1060. The summed E-state index contributed by atoms with van der Waals surface area (Å²) < 4.78 is 15.6. The van der Waals surface area contributed by atoms with Gasteiger partial charge in [0.25, 0.3) is 0 Å². The van der Waals surface area contributed by atoms with E-state index in [1.165, 1.54) is 28.2 Å². The average Bonchev–Trinajstić information content (AvgIpc) is 2.99. The van der Waals surface area contributed by atoms with Crippen molar-refractivity contribution in [2.75, 3.05) is 0 Å². The zero-order valence-corrected chi connectivity index (χ0v) is 19.8. The summed E-state index contributed by atoms with van der Waals surface area (Å²) >= 11 is 6.30. The van der Waals surface area contributed by atoms with E-state index in [0.29, 0.717) is 0 Å². The van der Waals surface area contributed by atoms with Crippen LogP contribution in [0.25, 0.3) is 10.9 Å². The van der Waals surface area contributed by atoms with Crippen LogP contribution in [0.15, 0.2) is 42.5 Å². The number of aliphatic carboxylic acids is 1. The first-order valence-corrected chi connectivity index (χ1v) is 11.9. The predicted molar refractivity (Wildman–Crippen MR) is 130 cm³/mol. The highest BCUT2D eigenvalue weighted by atomic mass is 35.5. The van der Waals surface area contributed by atoms with Crippen molar-refractivity contribution in [1.29, 1.82) is 0 Å². The first-order valence-electron chi connectivity index (χ1n) is 11.6. The summed E-state index contributed by atoms with van der Waals surface area (Å²) in [5.74, 6) is -0.766. The molecule has 3 rings (SSSR count). The number of halogens is 2. The number of hydrogen-bond acceptors (Lipinski definition) is 1. The Morgan fingerprint density at radius 1 is 1.06 bits per heavy atom. The van der Waals surface area contributed by atoms with Gasteiger partial charge in [-0.25, -0.2) is 4.39 Å². The maximum absolute atomic E-state index is 13.3. The lowest BCUT2D eigenvalue weighted by molar-refractivity contribution is -0.138. The summed E-state index contributed by atoms with van der Waals surface area (Å²) in [5.41, 5.74) is 4.88. The van der Waals surface area contributed by atoms with Gasteiger partial charge in [-0.05, 0) is 85.9 Å². The highest BCUT2D eigenvalue weighted by molar-refractivity contribution is 6.31. The molecule has 3 aromatic rings. The molecule has 5 heteroatoms. The van der Waals surface area contributed by atoms with Gasteiger partial charge in [0.2, 0.25) is 0 Å². The lowest BCUT2D eigenvalue weighted by Crippen LogP contribution is -2.06. The van der Waals surface area contributed by atoms with Gasteiger partial charge in [-0.15, -0.1) is 0 Å². The Balaban J connectivity index is 1.61. The van der Waals surface area contributed by atoms with Crippen molar-refractivity contribution in [3.05, 3.63) is 70.1 Å². The fraction of sp³-hybridized carbons (Fsp3) is 0.444. The fourth-order valence-electron chi connectivity index (χ4n) is 4.60. The van der Waals surface area contributed by atoms with Crippen molar-refractivity contribution >= 4 is 28.5 Å². The Morgan fingerprint density at radius 2 is 1.81 bits per heavy atom. The first kappa shape index (κ1) is 24.3. The normalized spacial score (nSPS) is 12.4. The van der Waals surface area contributed by atoms with Gasteiger partial charge in [0.05, 0.1) is 0 Å². The topological polar surface area (TPSA) is 42.2 Å². The molecule has 1 aromatic heterocycles. The highest BCUT2D eigenvalue weighted by Crippen LogP contribution is 2.31. The third kappa shape index (κ3) is 6.59. The van der Waals surface area contributed by atoms with Crippen LogP contribution in [0.5, 0.6) is 0 Å². The van der Waals surface area contributed by atoms with Crippen molar-refractivity contribution in [2.45, 2.75) is 64.7 Å². The van der Waals surface area contributed by atoms with Gasteiger partial charge in [-0.3, -0.25) is 4.79 Å². The van der Waals surface area contributed by atoms with Crippen LogP contribution < -0.4 is 0 Å². The van der Waals surface area contributed by atoms with Crippen molar-refractivity contribution in [1.82, 2.24) is 4.57 Å². The van der Waals surface area contributed by atoms with Crippen LogP contribution in [0, 0.1) is 11.7 Å². The van der Waals surface area contributed by atoms with E-state index in [4.69, 9.17) is 16.7 Å². The van der Waals surface area contributed by atoms with Crippen molar-refractivity contribution in [3.8, 4) is 0 Å². The molecule has 0 spiro atoms. The van der Waals surface area contributed by atoms with Crippen LogP contribution in [0.3, 0.4) is 0 Å². The van der Waals surface area contributed by atoms with Gasteiger partial charge in [-0.2, -0.15) is 0 Å². The number of carboxylic acids is 1. The first-order chi connectivity index (χ1) is 15.3. The smallest absolute Gasteiger partial charge is 0.303 e. The summed E-state index contributed by atoms with van der Waals surface area (Å²) in [5, 5.41) is 11.0. The van der Waals surface area contributed by atoms with Crippen LogP contribution in [-0.2, 0) is 31.1 Å². The van der Waals surface area contributed by atoms with E-state index in [1.807, 2.05) is 25.1 Å². The lowest BCUT2D eigenvalue weighted by Gasteiger charge is -2.11. The maximum Gasteiger partial charge on any atom is 0.303 e. The van der Waals surface area contributed by atoms with Crippen molar-refractivity contribution in [3.63, 3.8) is 0 Å². The molecule has 1 atom stereocenters. The van der Waals surface area contributed by atoms with Crippen LogP contribution >= 0.6 is 11.6 Å². The van der Waals surface area contributed by atoms with Crippen LogP contribution in [0.4, 0.5) is 4.39 Å². The minimum atomic E-state index is -0.739. The van der Waals surface area contributed by atoms with Gasteiger partial charge in [0.1, 0.15) is 5.82 Å². The van der Waals surface area contributed by atoms with Gasteiger partial charge in [0.15, 0.2) is 0 Å². The summed E-state index contributed by atoms with van der Waals surface area (Å²) in [6, 6.07) is 12.9. The second kappa shape index (κ2) is 11.5. The molecular weight excluding hydrogens is 425 g/mol. The van der Waals surface area contributed by atoms with Crippen LogP contribution in [-0.4, -0.2) is 15.6 Å². The zero-order valence-electron chi connectivity index (χ0n) is 19.0. The second-order valence-electron chi connectivity index (χ2n) is 8.93. The second-order valence-corrected chi connectivity index (χ2v) is 9.37. The van der Waals surface area contributed by atoms with E-state index in [-0.39, 0.29) is 18.2 Å². The Labute approximate surface area is 195 Å². The molecule has 172 valence electrons. The Kier molecular flexibility index (Phi) is 8.75. The number of nitrogens with zero attached hydrogens (tertiary/aromatic N) is 1. The summed E-state index contributed by atoms with van der Waals surface area (Å²) in [4.78, 5) is 11.0. The van der Waals surface area contributed by atoms with E-state index in [2.05, 4.69) is 17.7 Å². The average molecular weight is 458 g/mol. The van der Waals surface area contributed by atoms with Gasteiger partial charge >= 0.3 is 5.97 Å². The van der Waals surface area contributed by atoms with Gasteiger partial charge in [-0.1, -0.05) is 43.5 Å². The SMILES string of the molecule is CC(CCc1c(CCCCCCc2cccc(F)c2)n(C)c2ccc(Cl)cc12)CC(=O)O. The predicted octanol–water partition coefficient (Wildman–Crippen LogP) is 7.36. The number of rotatable bonds is 12. The van der Waals surface area contributed by atoms with E-state index >= 15 is 0 Å². The molecule has 1 heterocycles. The molecule has 0 aliphatic heterocycles. The monoisotopic (exact) mass is 457 g/mol. The lowest BCUT2D eigenvalue weighted by atomic mass is 9.95. The standard InChI is InChI=1S/C27H33ClFNO2/c1-19(16-27(31)32)12-14-23-24-18-21(28)13-15-26(24)30(2)25(23)11-6-4-3-5-8-20-9-7-10-22(29)17-20/h7,9-10,13,15,17-19H,3-6,8,11-12,14,16H2,1-2H3,(H,31,32). The van der Waals surface area contributed by atoms with Gasteiger partial charge in [0, 0.05) is 35.1 Å². The van der Waals surface area contributed by atoms with E-state index in [9.17, 15) is 9.18 Å². The molecule has 2 aromatic carbocycles. The van der Waals surface area contributed by atoms with Gasteiger partial charge < -0.3 is 9.67 Å². The molecule has 0 aliphatic rings. The minimum Gasteiger partial charge on any atom is -0.481 e. The molecule has 0 radical (unpaired) electrons. The summed E-state index contributed by atoms with van der Waals surface area (Å²) in [6.07, 6.45) is 8.23. The molecule has 0 fully saturated rings. The quantitative estimate of drug-likeness (QED) is 0.288. The maximum atomic E-state index is 13.3. The van der Waals surface area contributed by atoms with E-state index in [0.717, 1.165) is 62.0 Å². The minimum absolute atomic E-state index is 0.137. The molecule has 0 saturated carbocycles. The Hall–Kier alpha value is -2.33. The van der Waals surface area contributed by atoms with Crippen molar-refractivity contribution in [2.24, 2.45) is 13.0 Å². The fourth-order valence-corrected chi connectivity index (χ4v) is 4.77. The number of hydrogen-bond donors (Lipinski definition) is 1. The summed E-state index contributed by atoms with van der Waals surface area (Å²) in [7, 11) is 2.11. The number of carbonyl (C=O) groups is 1. The number of aryl methyl sites for hydroxylation is 3. The number of aromatic nitrogens is 1. The Morgan fingerprint density at radius 3 is 2.53 bits per heavy atom. The molecule has 0 amide bonds. The third-order valence-electron chi connectivity index (χ3n) is 6.33. The molecule has 1 unspecified atom stereocenters. The molecular formula is C27H33ClFNO2. The number of unbranched alkanes of at least 4 members (excludes halogenated alkanes) is 3. The number of benzene rings is 2. The van der Waals surface area contributed by atoms with Crippen LogP contribution in [0.2, 0.25) is 5.02 Å². The molecule has 0 saturated heterocycles. The van der Waals surface area contributed by atoms with Crippen LogP contribution in [0.1, 0.15) is 62.3 Å². The largest absolute Gasteiger partial charge is 0.481 e. The number of carboxylic acid groups (broad SMARTS) is 1. The number of fused-ring (bicyclic) bond motifs is 1. The zero-order chi connectivity index (χ0) is 23.1. The van der Waals surface area contributed by atoms with E-state index in [1.54, 1.807) is 12.1 Å². The molecule has 0 bridgehead atoms. The highest BCUT2D eigenvalue weighted by Gasteiger charge is 2.17. The van der Waals surface area contributed by atoms with E-state index < -0.39 is 5.97 Å². The van der Waals surface area contributed by atoms with Crippen molar-refractivity contribution < 1.29 is 14.3 Å². The molecule has 32 heavy (non-hydrogen) atoms.